The molecule has 0 bridgehead atoms. The number of fused-ring (bicyclic) bond motifs is 2. The van der Waals surface area contributed by atoms with E-state index in [0.717, 1.165) is 33.0 Å². The maximum absolute atomic E-state index is 9.51. The molecule has 3 aromatic carbocycles. The second-order valence-corrected chi connectivity index (χ2v) is 5.24. The number of phenolic OH excluding ortho intramolecular Hbond substituents is 1. The van der Waals surface area contributed by atoms with Crippen molar-refractivity contribution in [3.63, 3.8) is 0 Å². The molecule has 0 aliphatic heterocycles. The van der Waals surface area contributed by atoms with Gasteiger partial charge in [-0.25, -0.2) is 4.98 Å². The highest BCUT2D eigenvalue weighted by atomic mass is 16.3. The van der Waals surface area contributed by atoms with E-state index in [-0.39, 0.29) is 5.75 Å². The normalized spacial score (nSPS) is 11.3. The first-order chi connectivity index (χ1) is 10.2. The van der Waals surface area contributed by atoms with Crippen LogP contribution in [0.2, 0.25) is 0 Å². The highest BCUT2D eigenvalue weighted by Crippen LogP contribution is 2.28. The van der Waals surface area contributed by atoms with Crippen molar-refractivity contribution >= 4 is 21.9 Å². The van der Waals surface area contributed by atoms with Crippen molar-refractivity contribution in [1.29, 1.82) is 0 Å². The molecule has 0 fully saturated rings. The van der Waals surface area contributed by atoms with Crippen molar-refractivity contribution in [2.75, 3.05) is 0 Å². The Balaban J connectivity index is 1.89. The third-order valence-corrected chi connectivity index (χ3v) is 3.61. The molecule has 1 aromatic heterocycles. The van der Waals surface area contributed by atoms with Crippen LogP contribution in [0.3, 0.4) is 0 Å². The highest BCUT2D eigenvalue weighted by Gasteiger charge is 2.09. The molecule has 1 N–H and O–H groups in total. The molecule has 4 aromatic rings. The van der Waals surface area contributed by atoms with Gasteiger partial charge in [-0.2, -0.15) is 0 Å². The zero-order valence-electron chi connectivity index (χ0n) is 11.5. The van der Waals surface area contributed by atoms with Gasteiger partial charge in [-0.15, -0.1) is 0 Å². The molecule has 1 heterocycles. The van der Waals surface area contributed by atoms with Gasteiger partial charge in [0, 0.05) is 5.56 Å². The summed E-state index contributed by atoms with van der Waals surface area (Å²) < 4.78 is 5.85. The molecule has 0 unspecified atom stereocenters. The molecule has 0 saturated heterocycles. The molecule has 0 aliphatic rings. The lowest BCUT2D eigenvalue weighted by Crippen LogP contribution is -1.79. The number of oxazole rings is 1. The van der Waals surface area contributed by atoms with Crippen LogP contribution in [0.5, 0.6) is 5.75 Å². The van der Waals surface area contributed by atoms with Gasteiger partial charge in [0.2, 0.25) is 5.89 Å². The van der Waals surface area contributed by atoms with Gasteiger partial charge in [-0.05, 0) is 59.7 Å². The maximum atomic E-state index is 9.51. The van der Waals surface area contributed by atoms with Crippen molar-refractivity contribution in [1.82, 2.24) is 4.98 Å². The van der Waals surface area contributed by atoms with Gasteiger partial charge in [0.15, 0.2) is 5.58 Å². The van der Waals surface area contributed by atoms with Crippen molar-refractivity contribution in [3.8, 4) is 17.2 Å². The molecule has 0 atom stereocenters. The van der Waals surface area contributed by atoms with E-state index >= 15 is 0 Å². The van der Waals surface area contributed by atoms with Gasteiger partial charge in [-0.3, -0.25) is 0 Å². The predicted molar refractivity (Wildman–Crippen MR) is 83.4 cm³/mol. The Hall–Kier alpha value is -2.81. The fourth-order valence-electron chi connectivity index (χ4n) is 2.52. The Morgan fingerprint density at radius 1 is 0.905 bits per heavy atom. The minimum Gasteiger partial charge on any atom is -0.508 e. The lowest BCUT2D eigenvalue weighted by molar-refractivity contribution is 0.476. The van der Waals surface area contributed by atoms with Gasteiger partial charge in [0.05, 0.1) is 0 Å². The summed E-state index contributed by atoms with van der Waals surface area (Å²) in [6.45, 7) is 2.03. The zero-order chi connectivity index (χ0) is 14.4. The first-order valence-electron chi connectivity index (χ1n) is 6.79. The molecular weight excluding hydrogens is 262 g/mol. The van der Waals surface area contributed by atoms with E-state index in [1.54, 1.807) is 12.1 Å². The Morgan fingerprint density at radius 3 is 2.62 bits per heavy atom. The number of rotatable bonds is 1. The average molecular weight is 275 g/mol. The van der Waals surface area contributed by atoms with Crippen LogP contribution in [0.25, 0.3) is 33.3 Å². The molecule has 0 spiro atoms. The highest BCUT2D eigenvalue weighted by molar-refractivity contribution is 5.88. The molecule has 3 nitrogen and oxygen atoms in total. The number of aryl methyl sites for hydroxylation is 1. The summed E-state index contributed by atoms with van der Waals surface area (Å²) in [7, 11) is 0. The first-order valence-corrected chi connectivity index (χ1v) is 6.79. The van der Waals surface area contributed by atoms with E-state index in [4.69, 9.17) is 4.42 Å². The summed E-state index contributed by atoms with van der Waals surface area (Å²) >= 11 is 0. The van der Waals surface area contributed by atoms with E-state index in [0.29, 0.717) is 5.89 Å². The third-order valence-electron chi connectivity index (χ3n) is 3.61. The molecule has 0 saturated carbocycles. The molecule has 102 valence electrons. The minimum atomic E-state index is 0.271. The second kappa shape index (κ2) is 4.35. The number of hydrogen-bond donors (Lipinski definition) is 1. The van der Waals surface area contributed by atoms with Gasteiger partial charge in [0.1, 0.15) is 11.3 Å². The first kappa shape index (κ1) is 12.0. The standard InChI is InChI=1S/C18H13NO2/c1-11-2-7-16-17(8-11)21-18(19-16)14-4-3-13-10-15(20)6-5-12(13)9-14/h2-10,20H,1H3. The van der Waals surface area contributed by atoms with Crippen molar-refractivity contribution in [3.05, 3.63) is 60.2 Å². The Kier molecular flexibility index (Phi) is 2.48. The van der Waals surface area contributed by atoms with E-state index in [1.165, 1.54) is 0 Å². The van der Waals surface area contributed by atoms with E-state index in [1.807, 2.05) is 49.4 Å². The summed E-state index contributed by atoms with van der Waals surface area (Å²) in [5, 5.41) is 11.5. The van der Waals surface area contributed by atoms with E-state index < -0.39 is 0 Å². The predicted octanol–water partition coefficient (Wildman–Crippen LogP) is 4.66. The minimum absolute atomic E-state index is 0.271. The summed E-state index contributed by atoms with van der Waals surface area (Å²) in [5.74, 6) is 0.887. The smallest absolute Gasteiger partial charge is 0.227 e. The van der Waals surface area contributed by atoms with Crippen LogP contribution in [-0.4, -0.2) is 10.1 Å². The van der Waals surface area contributed by atoms with Crippen LogP contribution in [0, 0.1) is 6.92 Å². The molecule has 21 heavy (non-hydrogen) atoms. The average Bonchev–Trinajstić information content (AvgIpc) is 2.89. The van der Waals surface area contributed by atoms with Crippen molar-refractivity contribution < 1.29 is 9.52 Å². The summed E-state index contributed by atoms with van der Waals surface area (Å²) in [6.07, 6.45) is 0. The maximum Gasteiger partial charge on any atom is 0.227 e. The van der Waals surface area contributed by atoms with Crippen LogP contribution in [0.4, 0.5) is 0 Å². The van der Waals surface area contributed by atoms with Crippen LogP contribution in [-0.2, 0) is 0 Å². The van der Waals surface area contributed by atoms with Crippen LogP contribution in [0.1, 0.15) is 5.56 Å². The monoisotopic (exact) mass is 275 g/mol. The van der Waals surface area contributed by atoms with E-state index in [2.05, 4.69) is 4.98 Å². The second-order valence-electron chi connectivity index (χ2n) is 5.24. The Morgan fingerprint density at radius 2 is 1.71 bits per heavy atom. The number of aromatic hydroxyl groups is 1. The number of nitrogens with zero attached hydrogens (tertiary/aromatic N) is 1. The molecule has 0 amide bonds. The number of phenols is 1. The zero-order valence-corrected chi connectivity index (χ0v) is 11.5. The summed E-state index contributed by atoms with van der Waals surface area (Å²) in [5.41, 5.74) is 3.75. The Bertz CT molecular complexity index is 969. The van der Waals surface area contributed by atoms with E-state index in [9.17, 15) is 5.11 Å². The van der Waals surface area contributed by atoms with Gasteiger partial charge < -0.3 is 9.52 Å². The van der Waals surface area contributed by atoms with Crippen LogP contribution >= 0.6 is 0 Å². The van der Waals surface area contributed by atoms with Gasteiger partial charge in [-0.1, -0.05) is 18.2 Å². The van der Waals surface area contributed by atoms with Crippen molar-refractivity contribution in [2.24, 2.45) is 0 Å². The van der Waals surface area contributed by atoms with Crippen molar-refractivity contribution in [2.45, 2.75) is 6.92 Å². The third kappa shape index (κ3) is 2.03. The molecule has 3 heteroatoms. The number of benzene rings is 3. The quantitative estimate of drug-likeness (QED) is 0.549. The molecule has 0 aliphatic carbocycles. The van der Waals surface area contributed by atoms with Gasteiger partial charge >= 0.3 is 0 Å². The summed E-state index contributed by atoms with van der Waals surface area (Å²) in [4.78, 5) is 4.53. The Labute approximate surface area is 121 Å². The topological polar surface area (TPSA) is 46.3 Å². The van der Waals surface area contributed by atoms with Crippen LogP contribution < -0.4 is 0 Å². The lowest BCUT2D eigenvalue weighted by atomic mass is 10.1. The molecular formula is C18H13NO2. The summed E-state index contributed by atoms with van der Waals surface area (Å²) in [6, 6.07) is 17.2. The number of hydrogen-bond acceptors (Lipinski definition) is 3. The molecule has 4 rings (SSSR count). The van der Waals surface area contributed by atoms with Crippen LogP contribution in [0.15, 0.2) is 59.0 Å². The lowest BCUT2D eigenvalue weighted by Gasteiger charge is -2.01. The fourth-order valence-corrected chi connectivity index (χ4v) is 2.52. The molecule has 0 radical (unpaired) electrons. The SMILES string of the molecule is Cc1ccc2nc(-c3ccc4cc(O)ccc4c3)oc2c1. The number of aromatic nitrogens is 1. The van der Waals surface area contributed by atoms with Gasteiger partial charge in [0.25, 0.3) is 0 Å². The fraction of sp³-hybridized carbons (Fsp3) is 0.0556. The largest absolute Gasteiger partial charge is 0.508 e.